The van der Waals surface area contributed by atoms with Gasteiger partial charge in [0.2, 0.25) is 15.9 Å². The monoisotopic (exact) mass is 340 g/mol. The van der Waals surface area contributed by atoms with E-state index in [4.69, 9.17) is 4.74 Å². The lowest BCUT2D eigenvalue weighted by Gasteiger charge is -2.37. The Labute approximate surface area is 137 Å². The molecule has 1 heterocycles. The Morgan fingerprint density at radius 3 is 2.61 bits per heavy atom. The number of rotatable bonds is 4. The zero-order valence-electron chi connectivity index (χ0n) is 14.0. The van der Waals surface area contributed by atoms with Crippen molar-refractivity contribution in [3.63, 3.8) is 0 Å². The van der Waals surface area contributed by atoms with Gasteiger partial charge in [-0.2, -0.15) is 4.31 Å². The summed E-state index contributed by atoms with van der Waals surface area (Å²) in [5.41, 5.74) is 0.329. The third kappa shape index (κ3) is 4.03. The molecule has 0 spiro atoms. The fraction of sp³-hybridized carbons (Fsp3) is 0.562. The molecule has 2 rings (SSSR count). The fourth-order valence-corrected chi connectivity index (χ4v) is 4.55. The van der Waals surface area contributed by atoms with E-state index in [-0.39, 0.29) is 16.2 Å². The highest BCUT2D eigenvalue weighted by Crippen LogP contribution is 2.34. The van der Waals surface area contributed by atoms with Gasteiger partial charge in [0.05, 0.1) is 17.7 Å². The summed E-state index contributed by atoms with van der Waals surface area (Å²) in [6, 6.07) is 4.53. The van der Waals surface area contributed by atoms with Crippen LogP contribution in [0.4, 0.5) is 5.69 Å². The number of nitrogens with zero attached hydrogens (tertiary/aromatic N) is 1. The molecule has 0 radical (unpaired) electrons. The molecule has 0 aromatic heterocycles. The molecule has 1 aromatic rings. The molecule has 0 bridgehead atoms. The molecule has 23 heavy (non-hydrogen) atoms. The summed E-state index contributed by atoms with van der Waals surface area (Å²) in [5, 5.41) is 2.61. The molecule has 1 aromatic carbocycles. The molecule has 0 aliphatic carbocycles. The number of amides is 1. The summed E-state index contributed by atoms with van der Waals surface area (Å²) in [4.78, 5) is 11.5. The number of anilines is 1. The maximum atomic E-state index is 12.9. The maximum Gasteiger partial charge on any atom is 0.243 e. The van der Waals surface area contributed by atoms with Crippen LogP contribution >= 0.6 is 0 Å². The third-order valence-corrected chi connectivity index (χ3v) is 5.83. The normalized spacial score (nSPS) is 18.4. The smallest absolute Gasteiger partial charge is 0.243 e. The number of carbonyl (C=O) groups is 1. The van der Waals surface area contributed by atoms with Crippen molar-refractivity contribution in [2.75, 3.05) is 25.5 Å². The third-order valence-electron chi connectivity index (χ3n) is 3.98. The minimum absolute atomic E-state index is 0.0295. The highest BCUT2D eigenvalue weighted by Gasteiger charge is 2.34. The van der Waals surface area contributed by atoms with Crippen molar-refractivity contribution < 1.29 is 17.9 Å². The maximum absolute atomic E-state index is 12.9. The van der Waals surface area contributed by atoms with E-state index >= 15 is 0 Å². The van der Waals surface area contributed by atoms with Gasteiger partial charge in [-0.15, -0.1) is 0 Å². The predicted octanol–water partition coefficient (Wildman–Crippen LogP) is 2.46. The van der Waals surface area contributed by atoms with E-state index < -0.39 is 10.0 Å². The van der Waals surface area contributed by atoms with Gasteiger partial charge in [-0.3, -0.25) is 4.79 Å². The summed E-state index contributed by atoms with van der Waals surface area (Å²) < 4.78 is 32.5. The molecule has 1 N–H and O–H groups in total. The van der Waals surface area contributed by atoms with E-state index in [1.165, 1.54) is 30.5 Å². The van der Waals surface area contributed by atoms with Crippen LogP contribution in [0.25, 0.3) is 0 Å². The number of methoxy groups -OCH3 is 1. The van der Waals surface area contributed by atoms with Crippen molar-refractivity contribution in [2.45, 2.75) is 38.5 Å². The lowest BCUT2D eigenvalue weighted by molar-refractivity contribution is -0.114. The number of piperidine rings is 1. The molecule has 0 saturated carbocycles. The van der Waals surface area contributed by atoms with E-state index in [0.29, 0.717) is 24.5 Å². The van der Waals surface area contributed by atoms with Gasteiger partial charge < -0.3 is 10.1 Å². The van der Waals surface area contributed by atoms with Gasteiger partial charge in [0.25, 0.3) is 0 Å². The second kappa shape index (κ2) is 6.49. The van der Waals surface area contributed by atoms with Crippen LogP contribution in [0.5, 0.6) is 5.75 Å². The quantitative estimate of drug-likeness (QED) is 0.913. The Morgan fingerprint density at radius 2 is 2.04 bits per heavy atom. The van der Waals surface area contributed by atoms with Crippen LogP contribution in [0.1, 0.15) is 33.6 Å². The Balaban J connectivity index is 2.38. The molecule has 1 fully saturated rings. The molecule has 1 aliphatic rings. The summed E-state index contributed by atoms with van der Waals surface area (Å²) in [7, 11) is -2.12. The summed E-state index contributed by atoms with van der Waals surface area (Å²) in [6.07, 6.45) is 1.86. The summed E-state index contributed by atoms with van der Waals surface area (Å²) >= 11 is 0. The average Bonchev–Trinajstić information content (AvgIpc) is 2.45. The van der Waals surface area contributed by atoms with Gasteiger partial charge in [-0.05, 0) is 36.5 Å². The molecule has 7 heteroatoms. The second-order valence-corrected chi connectivity index (χ2v) is 8.59. The minimum Gasteiger partial charge on any atom is -0.495 e. The first-order valence-corrected chi connectivity index (χ1v) is 9.05. The first kappa shape index (κ1) is 17.7. The number of ether oxygens (including phenoxy) is 1. The molecule has 6 nitrogen and oxygen atoms in total. The van der Waals surface area contributed by atoms with Crippen LogP contribution in [0.2, 0.25) is 0 Å². The Hall–Kier alpha value is -1.60. The Bertz CT molecular complexity index is 698. The average molecular weight is 340 g/mol. The number of hydrogen-bond donors (Lipinski definition) is 1. The minimum atomic E-state index is -3.59. The highest BCUT2D eigenvalue weighted by atomic mass is 32.2. The van der Waals surface area contributed by atoms with E-state index in [0.717, 1.165) is 12.8 Å². The highest BCUT2D eigenvalue weighted by molar-refractivity contribution is 7.89. The van der Waals surface area contributed by atoms with Crippen LogP contribution in [-0.2, 0) is 14.8 Å². The van der Waals surface area contributed by atoms with Crippen molar-refractivity contribution in [3.8, 4) is 5.75 Å². The van der Waals surface area contributed by atoms with Gasteiger partial charge in [0.15, 0.2) is 0 Å². The van der Waals surface area contributed by atoms with Crippen molar-refractivity contribution in [2.24, 2.45) is 5.41 Å². The largest absolute Gasteiger partial charge is 0.495 e. The second-order valence-electron chi connectivity index (χ2n) is 6.65. The van der Waals surface area contributed by atoms with Crippen molar-refractivity contribution in [3.05, 3.63) is 18.2 Å². The Morgan fingerprint density at radius 1 is 1.35 bits per heavy atom. The van der Waals surface area contributed by atoms with Gasteiger partial charge in [-0.1, -0.05) is 13.8 Å². The topological polar surface area (TPSA) is 75.7 Å². The lowest BCUT2D eigenvalue weighted by Crippen LogP contribution is -2.43. The summed E-state index contributed by atoms with van der Waals surface area (Å²) in [6.45, 7) is 6.54. The van der Waals surface area contributed by atoms with Gasteiger partial charge in [-0.25, -0.2) is 8.42 Å². The summed E-state index contributed by atoms with van der Waals surface area (Å²) in [5.74, 6) is 0.148. The fourth-order valence-electron chi connectivity index (χ4n) is 2.86. The van der Waals surface area contributed by atoms with Crippen molar-refractivity contribution >= 4 is 21.6 Å². The van der Waals surface area contributed by atoms with Crippen LogP contribution in [0.15, 0.2) is 23.1 Å². The number of sulfonamides is 1. The molecule has 1 amide bonds. The lowest BCUT2D eigenvalue weighted by atomic mass is 9.85. The molecule has 128 valence electrons. The molecular weight excluding hydrogens is 316 g/mol. The predicted molar refractivity (Wildman–Crippen MR) is 89.1 cm³/mol. The van der Waals surface area contributed by atoms with E-state index in [2.05, 4.69) is 19.2 Å². The van der Waals surface area contributed by atoms with Gasteiger partial charge >= 0.3 is 0 Å². The zero-order valence-corrected chi connectivity index (χ0v) is 14.9. The SMILES string of the molecule is COc1ccc(S(=O)(=O)N2CCCC(C)(C)C2)cc1NC(C)=O. The first-order chi connectivity index (χ1) is 10.7. The van der Waals surface area contributed by atoms with E-state index in [1.807, 2.05) is 0 Å². The molecule has 0 unspecified atom stereocenters. The number of nitrogens with one attached hydrogen (secondary N) is 1. The van der Waals surface area contributed by atoms with Crippen LogP contribution in [0.3, 0.4) is 0 Å². The molecule has 1 aliphatic heterocycles. The number of carbonyl (C=O) groups excluding carboxylic acids is 1. The molecule has 1 saturated heterocycles. The molecular formula is C16H24N2O4S. The first-order valence-electron chi connectivity index (χ1n) is 7.61. The van der Waals surface area contributed by atoms with Crippen molar-refractivity contribution in [1.82, 2.24) is 4.31 Å². The van der Waals surface area contributed by atoms with Crippen molar-refractivity contribution in [1.29, 1.82) is 0 Å². The van der Waals surface area contributed by atoms with E-state index in [9.17, 15) is 13.2 Å². The number of hydrogen-bond acceptors (Lipinski definition) is 4. The van der Waals surface area contributed by atoms with Gasteiger partial charge in [0, 0.05) is 20.0 Å². The van der Waals surface area contributed by atoms with Crippen LogP contribution < -0.4 is 10.1 Å². The standard InChI is InChI=1S/C16H24N2O4S/c1-12(19)17-14-10-13(6-7-15(14)22-4)23(20,21)18-9-5-8-16(2,3)11-18/h6-7,10H,5,8-9,11H2,1-4H3,(H,17,19). The van der Waals surface area contributed by atoms with Crippen LogP contribution in [-0.4, -0.2) is 38.8 Å². The molecule has 0 atom stereocenters. The zero-order chi connectivity index (χ0) is 17.3. The number of benzene rings is 1. The van der Waals surface area contributed by atoms with Crippen LogP contribution in [0, 0.1) is 5.41 Å². The van der Waals surface area contributed by atoms with E-state index in [1.54, 1.807) is 6.07 Å². The van der Waals surface area contributed by atoms with Gasteiger partial charge in [0.1, 0.15) is 5.75 Å². The Kier molecular flexibility index (Phi) is 5.01.